The van der Waals surface area contributed by atoms with E-state index in [0.29, 0.717) is 5.92 Å². The number of carbonyl (C=O) groups is 1. The Balaban J connectivity index is 2.74. The number of nitrogens with one attached hydrogen (secondary N) is 1. The molecule has 0 saturated carbocycles. The Hall–Kier alpha value is -0.570. The molecule has 1 aliphatic heterocycles. The highest BCUT2D eigenvalue weighted by Crippen LogP contribution is 2.36. The van der Waals surface area contributed by atoms with Gasteiger partial charge in [0.1, 0.15) is 0 Å². The molecule has 0 aromatic rings. The molecule has 2 atom stereocenters. The molecule has 82 valence electrons. The maximum absolute atomic E-state index is 11.6. The molecule has 0 amide bonds. The molecule has 1 heterocycles. The van der Waals surface area contributed by atoms with Crippen molar-refractivity contribution >= 4 is 5.97 Å². The summed E-state index contributed by atoms with van der Waals surface area (Å²) >= 11 is 0. The summed E-state index contributed by atoms with van der Waals surface area (Å²) in [5.74, 6) is 0.377. The number of hydrogen-bond donors (Lipinski definition) is 1. The van der Waals surface area contributed by atoms with Gasteiger partial charge in [0.25, 0.3) is 0 Å². The summed E-state index contributed by atoms with van der Waals surface area (Å²) in [5.41, 5.74) is 0.182. The van der Waals surface area contributed by atoms with Crippen LogP contribution in [-0.4, -0.2) is 26.2 Å². The van der Waals surface area contributed by atoms with Crippen LogP contribution in [-0.2, 0) is 9.53 Å². The minimum atomic E-state index is -0.0721. The number of esters is 1. The van der Waals surface area contributed by atoms with Crippen LogP contribution in [0.15, 0.2) is 0 Å². The highest BCUT2D eigenvalue weighted by Gasteiger charge is 2.38. The maximum Gasteiger partial charge on any atom is 0.310 e. The molecule has 0 radical (unpaired) electrons. The average molecular weight is 199 g/mol. The molecule has 2 unspecified atom stereocenters. The van der Waals surface area contributed by atoms with Crippen LogP contribution in [0.4, 0.5) is 0 Å². The monoisotopic (exact) mass is 199 g/mol. The zero-order valence-corrected chi connectivity index (χ0v) is 9.59. The number of carbonyl (C=O) groups excluding carboxylic acids is 1. The van der Waals surface area contributed by atoms with Crippen molar-refractivity contribution in [2.24, 2.45) is 17.3 Å². The molecule has 3 heteroatoms. The standard InChI is InChI=1S/C11H21NO2/c1-11(2,3)9-5-6-12-7-8(9)10(13)14-4/h8-9,12H,5-7H2,1-4H3. The van der Waals surface area contributed by atoms with Crippen LogP contribution in [0.1, 0.15) is 27.2 Å². The highest BCUT2D eigenvalue weighted by molar-refractivity contribution is 5.73. The second-order valence-corrected chi connectivity index (χ2v) is 5.09. The molecule has 1 fully saturated rings. The summed E-state index contributed by atoms with van der Waals surface area (Å²) in [7, 11) is 1.47. The van der Waals surface area contributed by atoms with Gasteiger partial charge in [-0.1, -0.05) is 20.8 Å². The molecule has 0 bridgehead atoms. The molecule has 0 spiro atoms. The topological polar surface area (TPSA) is 38.3 Å². The summed E-state index contributed by atoms with van der Waals surface area (Å²) in [6, 6.07) is 0. The zero-order chi connectivity index (χ0) is 10.8. The normalized spacial score (nSPS) is 28.6. The summed E-state index contributed by atoms with van der Waals surface area (Å²) in [5, 5.41) is 3.25. The number of rotatable bonds is 1. The Morgan fingerprint density at radius 1 is 1.43 bits per heavy atom. The number of hydrogen-bond acceptors (Lipinski definition) is 3. The van der Waals surface area contributed by atoms with Gasteiger partial charge in [-0.2, -0.15) is 0 Å². The van der Waals surface area contributed by atoms with E-state index < -0.39 is 0 Å². The van der Waals surface area contributed by atoms with Gasteiger partial charge in [0.05, 0.1) is 13.0 Å². The number of ether oxygens (including phenoxy) is 1. The second kappa shape index (κ2) is 4.30. The van der Waals surface area contributed by atoms with Gasteiger partial charge in [-0.05, 0) is 24.3 Å². The number of methoxy groups -OCH3 is 1. The fourth-order valence-corrected chi connectivity index (χ4v) is 2.29. The van der Waals surface area contributed by atoms with Crippen molar-refractivity contribution in [1.82, 2.24) is 5.32 Å². The first-order valence-corrected chi connectivity index (χ1v) is 5.25. The zero-order valence-electron chi connectivity index (χ0n) is 9.59. The molecular formula is C11H21NO2. The molecule has 0 aromatic heterocycles. The van der Waals surface area contributed by atoms with Gasteiger partial charge < -0.3 is 10.1 Å². The molecule has 3 nitrogen and oxygen atoms in total. The fraction of sp³-hybridized carbons (Fsp3) is 0.909. The molecule has 1 aliphatic rings. The van der Waals surface area contributed by atoms with Crippen molar-refractivity contribution in [3.05, 3.63) is 0 Å². The van der Waals surface area contributed by atoms with Crippen LogP contribution in [0.25, 0.3) is 0 Å². The Morgan fingerprint density at radius 2 is 2.07 bits per heavy atom. The van der Waals surface area contributed by atoms with Crippen LogP contribution >= 0.6 is 0 Å². The van der Waals surface area contributed by atoms with E-state index in [0.717, 1.165) is 19.5 Å². The van der Waals surface area contributed by atoms with Gasteiger partial charge in [0.2, 0.25) is 0 Å². The second-order valence-electron chi connectivity index (χ2n) is 5.09. The molecule has 1 saturated heterocycles. The van der Waals surface area contributed by atoms with Crippen LogP contribution in [0.2, 0.25) is 0 Å². The van der Waals surface area contributed by atoms with Crippen molar-refractivity contribution < 1.29 is 9.53 Å². The minimum absolute atomic E-state index is 0.0220. The van der Waals surface area contributed by atoms with Crippen LogP contribution in [0.3, 0.4) is 0 Å². The fourth-order valence-electron chi connectivity index (χ4n) is 2.29. The van der Waals surface area contributed by atoms with Crippen molar-refractivity contribution in [2.75, 3.05) is 20.2 Å². The summed E-state index contributed by atoms with van der Waals surface area (Å²) in [6.45, 7) is 8.35. The van der Waals surface area contributed by atoms with Crippen molar-refractivity contribution in [2.45, 2.75) is 27.2 Å². The third-order valence-electron chi connectivity index (χ3n) is 3.10. The lowest BCUT2D eigenvalue weighted by molar-refractivity contribution is -0.150. The first kappa shape index (κ1) is 11.5. The van der Waals surface area contributed by atoms with Crippen LogP contribution in [0, 0.1) is 17.3 Å². The smallest absolute Gasteiger partial charge is 0.310 e. The van der Waals surface area contributed by atoms with E-state index in [1.165, 1.54) is 7.11 Å². The van der Waals surface area contributed by atoms with E-state index >= 15 is 0 Å². The van der Waals surface area contributed by atoms with E-state index in [-0.39, 0.29) is 17.3 Å². The Kier molecular flexibility index (Phi) is 3.53. The summed E-state index contributed by atoms with van der Waals surface area (Å²) in [6.07, 6.45) is 1.06. The van der Waals surface area contributed by atoms with Gasteiger partial charge in [-0.25, -0.2) is 0 Å². The quantitative estimate of drug-likeness (QED) is 0.649. The average Bonchev–Trinajstić information content (AvgIpc) is 2.15. The van der Waals surface area contributed by atoms with Gasteiger partial charge >= 0.3 is 5.97 Å². The van der Waals surface area contributed by atoms with Crippen molar-refractivity contribution in [3.8, 4) is 0 Å². The first-order chi connectivity index (χ1) is 6.46. The lowest BCUT2D eigenvalue weighted by Gasteiger charge is -2.39. The van der Waals surface area contributed by atoms with Crippen LogP contribution < -0.4 is 5.32 Å². The first-order valence-electron chi connectivity index (χ1n) is 5.25. The largest absolute Gasteiger partial charge is 0.469 e. The predicted octanol–water partition coefficient (Wildman–Crippen LogP) is 1.43. The van der Waals surface area contributed by atoms with Crippen LogP contribution in [0.5, 0.6) is 0 Å². The van der Waals surface area contributed by atoms with Crippen molar-refractivity contribution in [3.63, 3.8) is 0 Å². The van der Waals surface area contributed by atoms with Crippen molar-refractivity contribution in [1.29, 1.82) is 0 Å². The van der Waals surface area contributed by atoms with Gasteiger partial charge in [0, 0.05) is 6.54 Å². The molecule has 0 aromatic carbocycles. The lowest BCUT2D eigenvalue weighted by atomic mass is 9.70. The highest BCUT2D eigenvalue weighted by atomic mass is 16.5. The Bertz CT molecular complexity index is 208. The lowest BCUT2D eigenvalue weighted by Crippen LogP contribution is -2.46. The van der Waals surface area contributed by atoms with Gasteiger partial charge in [-0.15, -0.1) is 0 Å². The van der Waals surface area contributed by atoms with Gasteiger partial charge in [-0.3, -0.25) is 4.79 Å². The SMILES string of the molecule is COC(=O)C1CNCCC1C(C)(C)C. The third kappa shape index (κ3) is 2.47. The molecule has 0 aliphatic carbocycles. The van der Waals surface area contributed by atoms with E-state index in [4.69, 9.17) is 4.74 Å². The molecule has 1 N–H and O–H groups in total. The molecule has 1 rings (SSSR count). The summed E-state index contributed by atoms with van der Waals surface area (Å²) < 4.78 is 4.84. The Morgan fingerprint density at radius 3 is 2.57 bits per heavy atom. The minimum Gasteiger partial charge on any atom is -0.469 e. The summed E-state index contributed by atoms with van der Waals surface area (Å²) in [4.78, 5) is 11.6. The molecular weight excluding hydrogens is 178 g/mol. The third-order valence-corrected chi connectivity index (χ3v) is 3.10. The van der Waals surface area contributed by atoms with E-state index in [1.54, 1.807) is 0 Å². The van der Waals surface area contributed by atoms with E-state index in [2.05, 4.69) is 26.1 Å². The van der Waals surface area contributed by atoms with E-state index in [1.807, 2.05) is 0 Å². The molecule has 14 heavy (non-hydrogen) atoms. The number of piperidine rings is 1. The van der Waals surface area contributed by atoms with Gasteiger partial charge in [0.15, 0.2) is 0 Å². The maximum atomic E-state index is 11.6. The predicted molar refractivity (Wildman–Crippen MR) is 55.9 cm³/mol. The van der Waals surface area contributed by atoms with E-state index in [9.17, 15) is 4.79 Å². The Labute approximate surface area is 86.2 Å².